The second-order valence-corrected chi connectivity index (χ2v) is 6.69. The van der Waals surface area contributed by atoms with Gasteiger partial charge in [-0.3, -0.25) is 4.79 Å². The van der Waals surface area contributed by atoms with Gasteiger partial charge < -0.3 is 5.11 Å². The molecule has 3 aromatic rings. The van der Waals surface area contributed by atoms with Crippen molar-refractivity contribution >= 4 is 38.9 Å². The molecule has 0 atom stereocenters. The first-order chi connectivity index (χ1) is 10.4. The molecule has 114 valence electrons. The molecular formula is C14H8F3NO2S2. The highest BCUT2D eigenvalue weighted by atomic mass is 32.1. The highest BCUT2D eigenvalue weighted by molar-refractivity contribution is 7.18. The van der Waals surface area contributed by atoms with Crippen molar-refractivity contribution in [2.45, 2.75) is 12.8 Å². The quantitative estimate of drug-likeness (QED) is 0.729. The number of rotatable bonds is 4. The van der Waals surface area contributed by atoms with Crippen LogP contribution in [0.2, 0.25) is 0 Å². The number of halogens is 3. The predicted octanol–water partition coefficient (Wildman–Crippen LogP) is 3.99. The lowest BCUT2D eigenvalue weighted by Gasteiger charge is -1.94. The summed E-state index contributed by atoms with van der Waals surface area (Å²) in [5.41, 5.74) is 0.500. The number of thiazole rings is 1. The molecule has 0 aliphatic rings. The molecule has 1 N–H and O–H groups in total. The van der Waals surface area contributed by atoms with Gasteiger partial charge in [0.2, 0.25) is 0 Å². The number of fused-ring (bicyclic) bond motifs is 1. The average molecular weight is 343 g/mol. The molecule has 0 bridgehead atoms. The van der Waals surface area contributed by atoms with Crippen LogP contribution in [0.4, 0.5) is 13.2 Å². The Balaban J connectivity index is 1.91. The van der Waals surface area contributed by atoms with Crippen LogP contribution in [0, 0.1) is 17.5 Å². The highest BCUT2D eigenvalue weighted by Gasteiger charge is 2.17. The molecule has 8 heteroatoms. The van der Waals surface area contributed by atoms with E-state index >= 15 is 0 Å². The zero-order valence-electron chi connectivity index (χ0n) is 10.9. The van der Waals surface area contributed by atoms with E-state index in [1.807, 2.05) is 0 Å². The number of aliphatic carboxylic acids is 1. The van der Waals surface area contributed by atoms with Crippen LogP contribution in [0.25, 0.3) is 10.2 Å². The Kier molecular flexibility index (Phi) is 3.88. The Morgan fingerprint density at radius 2 is 2.00 bits per heavy atom. The van der Waals surface area contributed by atoms with Crippen LogP contribution in [0.5, 0.6) is 0 Å². The molecule has 0 fully saturated rings. The third-order valence-electron chi connectivity index (χ3n) is 2.95. The van der Waals surface area contributed by atoms with E-state index in [0.717, 1.165) is 16.9 Å². The first-order valence-electron chi connectivity index (χ1n) is 6.15. The minimum atomic E-state index is -1.26. The zero-order chi connectivity index (χ0) is 15.9. The van der Waals surface area contributed by atoms with Crippen molar-refractivity contribution in [2.24, 2.45) is 0 Å². The standard InChI is InChI=1S/C14H8F3NO2S2/c15-8-4-9(16)14-13(12(8)17)18-10(22-14)2-6-1-7(21-5-6)3-11(19)20/h1,4-5H,2-3H2,(H,19,20). The van der Waals surface area contributed by atoms with Crippen LogP contribution in [-0.2, 0) is 17.6 Å². The van der Waals surface area contributed by atoms with E-state index in [1.165, 1.54) is 11.3 Å². The number of hydrogen-bond acceptors (Lipinski definition) is 4. The van der Waals surface area contributed by atoms with E-state index in [0.29, 0.717) is 22.4 Å². The third-order valence-corrected chi connectivity index (χ3v) is 5.00. The fourth-order valence-corrected chi connectivity index (χ4v) is 3.92. The molecular weight excluding hydrogens is 335 g/mol. The largest absolute Gasteiger partial charge is 0.481 e. The number of thiophene rings is 1. The zero-order valence-corrected chi connectivity index (χ0v) is 12.5. The van der Waals surface area contributed by atoms with Crippen LogP contribution in [0.1, 0.15) is 15.4 Å². The summed E-state index contributed by atoms with van der Waals surface area (Å²) in [5, 5.41) is 10.9. The summed E-state index contributed by atoms with van der Waals surface area (Å²) in [6.07, 6.45) is 0.245. The van der Waals surface area contributed by atoms with Crippen molar-refractivity contribution in [3.63, 3.8) is 0 Å². The average Bonchev–Trinajstić information content (AvgIpc) is 3.03. The summed E-state index contributed by atoms with van der Waals surface area (Å²) < 4.78 is 40.4. The van der Waals surface area contributed by atoms with E-state index in [1.54, 1.807) is 11.4 Å². The van der Waals surface area contributed by atoms with Crippen molar-refractivity contribution in [3.8, 4) is 0 Å². The Hall–Kier alpha value is -1.93. The van der Waals surface area contributed by atoms with Gasteiger partial charge in [-0.25, -0.2) is 18.2 Å². The van der Waals surface area contributed by atoms with E-state index in [4.69, 9.17) is 5.11 Å². The van der Waals surface area contributed by atoms with Crippen LogP contribution >= 0.6 is 22.7 Å². The molecule has 0 aliphatic carbocycles. The van der Waals surface area contributed by atoms with E-state index in [-0.39, 0.29) is 16.6 Å². The van der Waals surface area contributed by atoms with Crippen LogP contribution in [0.3, 0.4) is 0 Å². The Bertz CT molecular complexity index is 872. The summed E-state index contributed by atoms with van der Waals surface area (Å²) in [6, 6.07) is 2.23. The number of carboxylic acid groups (broad SMARTS) is 1. The molecule has 0 spiro atoms. The number of carbonyl (C=O) groups is 1. The fourth-order valence-electron chi connectivity index (χ4n) is 2.04. The van der Waals surface area contributed by atoms with Crippen molar-refractivity contribution in [1.82, 2.24) is 4.98 Å². The summed E-state index contributed by atoms with van der Waals surface area (Å²) in [4.78, 5) is 15.3. The number of benzene rings is 1. The summed E-state index contributed by atoms with van der Waals surface area (Å²) >= 11 is 2.26. The SMILES string of the molecule is O=C(O)Cc1cc(Cc2nc3c(F)c(F)cc(F)c3s2)cs1. The second-order valence-electron chi connectivity index (χ2n) is 4.61. The first-order valence-corrected chi connectivity index (χ1v) is 7.84. The number of carboxylic acids is 1. The van der Waals surface area contributed by atoms with Gasteiger partial charge in [0.05, 0.1) is 16.1 Å². The molecule has 22 heavy (non-hydrogen) atoms. The molecule has 2 heterocycles. The molecule has 0 radical (unpaired) electrons. The summed E-state index contributed by atoms with van der Waals surface area (Å²) in [7, 11) is 0. The molecule has 3 nitrogen and oxygen atoms in total. The van der Waals surface area contributed by atoms with Gasteiger partial charge in [0.1, 0.15) is 11.3 Å². The van der Waals surface area contributed by atoms with E-state index < -0.39 is 23.4 Å². The molecule has 2 aromatic heterocycles. The third kappa shape index (κ3) is 2.84. The first kappa shape index (κ1) is 15.0. The maximum atomic E-state index is 13.6. The van der Waals surface area contributed by atoms with Gasteiger partial charge >= 0.3 is 5.97 Å². The smallest absolute Gasteiger partial charge is 0.308 e. The second kappa shape index (κ2) is 5.69. The molecule has 0 saturated heterocycles. The number of hydrogen-bond donors (Lipinski definition) is 1. The molecule has 0 aliphatic heterocycles. The topological polar surface area (TPSA) is 50.2 Å². The van der Waals surface area contributed by atoms with Gasteiger partial charge in [0.25, 0.3) is 0 Å². The Morgan fingerprint density at radius 3 is 2.73 bits per heavy atom. The monoisotopic (exact) mass is 343 g/mol. The van der Waals surface area contributed by atoms with Crippen LogP contribution < -0.4 is 0 Å². The molecule has 0 unspecified atom stereocenters. The molecule has 3 rings (SSSR count). The molecule has 0 saturated carbocycles. The van der Waals surface area contributed by atoms with Crippen LogP contribution in [0.15, 0.2) is 17.5 Å². The Labute approximate surface area is 130 Å². The number of nitrogens with zero attached hydrogens (tertiary/aromatic N) is 1. The van der Waals surface area contributed by atoms with Gasteiger partial charge in [-0.15, -0.1) is 22.7 Å². The van der Waals surface area contributed by atoms with Crippen molar-refractivity contribution < 1.29 is 23.1 Å². The van der Waals surface area contributed by atoms with Crippen molar-refractivity contribution in [3.05, 3.63) is 50.4 Å². The number of aromatic nitrogens is 1. The highest BCUT2D eigenvalue weighted by Crippen LogP contribution is 2.30. The maximum absolute atomic E-state index is 13.6. The fraction of sp³-hybridized carbons (Fsp3) is 0.143. The molecule has 1 aromatic carbocycles. The molecule has 0 amide bonds. The van der Waals surface area contributed by atoms with Gasteiger partial charge in [0.15, 0.2) is 11.6 Å². The van der Waals surface area contributed by atoms with Crippen molar-refractivity contribution in [2.75, 3.05) is 0 Å². The van der Waals surface area contributed by atoms with Gasteiger partial charge in [-0.2, -0.15) is 0 Å². The minimum Gasteiger partial charge on any atom is -0.481 e. The lowest BCUT2D eigenvalue weighted by atomic mass is 10.2. The van der Waals surface area contributed by atoms with Crippen molar-refractivity contribution in [1.29, 1.82) is 0 Å². The normalized spacial score (nSPS) is 11.2. The Morgan fingerprint density at radius 1 is 1.23 bits per heavy atom. The van der Waals surface area contributed by atoms with Crippen LogP contribution in [-0.4, -0.2) is 16.1 Å². The lowest BCUT2D eigenvalue weighted by Crippen LogP contribution is -1.97. The summed E-state index contributed by atoms with van der Waals surface area (Å²) in [6.45, 7) is 0. The van der Waals surface area contributed by atoms with E-state index in [2.05, 4.69) is 4.98 Å². The summed E-state index contributed by atoms with van der Waals surface area (Å²) in [5.74, 6) is -4.18. The van der Waals surface area contributed by atoms with E-state index in [9.17, 15) is 18.0 Å². The van der Waals surface area contributed by atoms with Gasteiger partial charge in [0, 0.05) is 17.4 Å². The predicted molar refractivity (Wildman–Crippen MR) is 78.0 cm³/mol. The maximum Gasteiger partial charge on any atom is 0.308 e. The lowest BCUT2D eigenvalue weighted by molar-refractivity contribution is -0.136. The minimum absolute atomic E-state index is 0.0186. The van der Waals surface area contributed by atoms with Gasteiger partial charge in [-0.1, -0.05) is 0 Å². The van der Waals surface area contributed by atoms with Gasteiger partial charge in [-0.05, 0) is 17.0 Å².